The molecule has 4 N–H and O–H groups in total. The normalized spacial score (nSPS) is 11.6. The van der Waals surface area contributed by atoms with E-state index in [0.717, 1.165) is 19.3 Å². The minimum atomic E-state index is -1.21. The quantitative estimate of drug-likeness (QED) is 0.240. The fourth-order valence-corrected chi connectivity index (χ4v) is 3.04. The number of carbonyl (C=O) groups is 4. The Morgan fingerprint density at radius 1 is 0.724 bits per heavy atom. The summed E-state index contributed by atoms with van der Waals surface area (Å²) in [6.07, 6.45) is 12.8. The van der Waals surface area contributed by atoms with Crippen molar-refractivity contribution in [1.29, 1.82) is 0 Å². The largest absolute Gasteiger partial charge is 0.481 e. The SMILES string of the molecule is CCCCCCCCCCCCCC(=O)N[C@@H](CCC(=O)O)C(=O)NCC(=O)O. The Hall–Kier alpha value is -2.12. The van der Waals surface area contributed by atoms with Crippen molar-refractivity contribution in [2.75, 3.05) is 6.54 Å². The molecule has 0 saturated heterocycles. The van der Waals surface area contributed by atoms with Gasteiger partial charge in [0.15, 0.2) is 0 Å². The Labute approximate surface area is 173 Å². The summed E-state index contributed by atoms with van der Waals surface area (Å²) in [4.78, 5) is 45.3. The molecule has 0 aliphatic heterocycles. The Morgan fingerprint density at radius 3 is 1.72 bits per heavy atom. The number of unbranched alkanes of at least 4 members (excludes halogenated alkanes) is 10. The predicted molar refractivity (Wildman–Crippen MR) is 111 cm³/mol. The molecule has 0 aliphatic rings. The van der Waals surface area contributed by atoms with Crippen LogP contribution in [0.1, 0.15) is 96.8 Å². The summed E-state index contributed by atoms with van der Waals surface area (Å²) in [6, 6.07) is -1.04. The summed E-state index contributed by atoms with van der Waals surface area (Å²) in [5, 5.41) is 22.1. The van der Waals surface area contributed by atoms with Crippen LogP contribution in [0.2, 0.25) is 0 Å². The molecule has 0 aromatic rings. The van der Waals surface area contributed by atoms with E-state index in [4.69, 9.17) is 10.2 Å². The molecule has 0 unspecified atom stereocenters. The summed E-state index contributed by atoms with van der Waals surface area (Å²) in [6.45, 7) is 1.64. The van der Waals surface area contributed by atoms with Crippen molar-refractivity contribution < 1.29 is 29.4 Å². The summed E-state index contributed by atoms with van der Waals surface area (Å²) >= 11 is 0. The molecule has 2 amide bonds. The minimum absolute atomic E-state index is 0.0786. The van der Waals surface area contributed by atoms with E-state index in [1.165, 1.54) is 44.9 Å². The third-order valence-corrected chi connectivity index (χ3v) is 4.72. The number of carboxylic acid groups (broad SMARTS) is 2. The average molecular weight is 415 g/mol. The predicted octanol–water partition coefficient (Wildman–Crippen LogP) is 3.24. The van der Waals surface area contributed by atoms with Gasteiger partial charge in [0.2, 0.25) is 11.8 Å². The smallest absolute Gasteiger partial charge is 0.322 e. The number of aliphatic carboxylic acids is 2. The molecule has 0 aromatic carbocycles. The molecule has 0 spiro atoms. The topological polar surface area (TPSA) is 133 Å². The van der Waals surface area contributed by atoms with E-state index in [-0.39, 0.29) is 25.2 Å². The zero-order valence-corrected chi connectivity index (χ0v) is 17.7. The molecule has 0 saturated carbocycles. The van der Waals surface area contributed by atoms with Gasteiger partial charge in [-0.1, -0.05) is 71.1 Å². The van der Waals surface area contributed by atoms with Crippen molar-refractivity contribution in [1.82, 2.24) is 10.6 Å². The molecular weight excluding hydrogens is 376 g/mol. The van der Waals surface area contributed by atoms with Gasteiger partial charge in [0, 0.05) is 12.8 Å². The molecule has 0 heterocycles. The number of rotatable bonds is 19. The fraction of sp³-hybridized carbons (Fsp3) is 0.810. The molecule has 1 atom stereocenters. The molecule has 8 heteroatoms. The molecule has 0 rings (SSSR count). The minimum Gasteiger partial charge on any atom is -0.481 e. The first-order valence-electron chi connectivity index (χ1n) is 10.9. The van der Waals surface area contributed by atoms with E-state index in [1.54, 1.807) is 0 Å². The Balaban J connectivity index is 3.95. The molecule has 0 aromatic heterocycles. The number of amides is 2. The van der Waals surface area contributed by atoms with Gasteiger partial charge in [-0.2, -0.15) is 0 Å². The zero-order chi connectivity index (χ0) is 21.9. The van der Waals surface area contributed by atoms with Crippen LogP contribution in [0.3, 0.4) is 0 Å². The second-order valence-electron chi connectivity index (χ2n) is 7.45. The average Bonchev–Trinajstić information content (AvgIpc) is 2.67. The third kappa shape index (κ3) is 17.7. The maximum Gasteiger partial charge on any atom is 0.322 e. The van der Waals surface area contributed by atoms with Crippen molar-refractivity contribution in [2.45, 2.75) is 103 Å². The summed E-state index contributed by atoms with van der Waals surface area (Å²) in [5.74, 6) is -3.29. The number of hydrogen-bond donors (Lipinski definition) is 4. The highest BCUT2D eigenvalue weighted by molar-refractivity contribution is 5.89. The highest BCUT2D eigenvalue weighted by Gasteiger charge is 2.21. The standard InChI is InChI=1S/C21H38N2O6/c1-2-3-4-5-6-7-8-9-10-11-12-13-18(24)23-17(14-15-19(25)26)21(29)22-16-20(27)28/h17H,2-16H2,1H3,(H,22,29)(H,23,24)(H,25,26)(H,27,28)/t17-/m0/s1. The van der Waals surface area contributed by atoms with Gasteiger partial charge in [-0.05, 0) is 12.8 Å². The van der Waals surface area contributed by atoms with E-state index >= 15 is 0 Å². The van der Waals surface area contributed by atoms with Crippen LogP contribution in [0.25, 0.3) is 0 Å². The van der Waals surface area contributed by atoms with Gasteiger partial charge in [-0.3, -0.25) is 19.2 Å². The van der Waals surface area contributed by atoms with Crippen molar-refractivity contribution in [3.63, 3.8) is 0 Å². The summed E-state index contributed by atoms with van der Waals surface area (Å²) < 4.78 is 0. The van der Waals surface area contributed by atoms with E-state index < -0.39 is 30.4 Å². The first-order valence-corrected chi connectivity index (χ1v) is 10.9. The number of nitrogens with one attached hydrogen (secondary N) is 2. The second kappa shape index (κ2) is 17.9. The van der Waals surface area contributed by atoms with Crippen LogP contribution in [0.15, 0.2) is 0 Å². The van der Waals surface area contributed by atoms with Crippen LogP contribution in [0, 0.1) is 0 Å². The number of carboxylic acids is 2. The Kier molecular flexibility index (Phi) is 16.6. The first kappa shape index (κ1) is 26.9. The summed E-state index contributed by atoms with van der Waals surface area (Å²) in [7, 11) is 0. The van der Waals surface area contributed by atoms with Gasteiger partial charge in [-0.15, -0.1) is 0 Å². The Bertz CT molecular complexity index is 496. The van der Waals surface area contributed by atoms with Crippen LogP contribution >= 0.6 is 0 Å². The molecular formula is C21H38N2O6. The van der Waals surface area contributed by atoms with Crippen molar-refractivity contribution >= 4 is 23.8 Å². The maximum atomic E-state index is 12.0. The zero-order valence-electron chi connectivity index (χ0n) is 17.7. The molecule has 0 bridgehead atoms. The molecule has 0 fully saturated rings. The number of carbonyl (C=O) groups excluding carboxylic acids is 2. The van der Waals surface area contributed by atoms with Gasteiger partial charge >= 0.3 is 11.9 Å². The molecule has 29 heavy (non-hydrogen) atoms. The van der Waals surface area contributed by atoms with E-state index in [2.05, 4.69) is 17.6 Å². The van der Waals surface area contributed by atoms with Crippen molar-refractivity contribution in [3.05, 3.63) is 0 Å². The van der Waals surface area contributed by atoms with E-state index in [1.807, 2.05) is 0 Å². The van der Waals surface area contributed by atoms with Crippen LogP contribution in [-0.4, -0.2) is 46.6 Å². The van der Waals surface area contributed by atoms with Crippen LogP contribution in [0.5, 0.6) is 0 Å². The third-order valence-electron chi connectivity index (χ3n) is 4.72. The van der Waals surface area contributed by atoms with Gasteiger partial charge in [0.05, 0.1) is 0 Å². The number of hydrogen-bond acceptors (Lipinski definition) is 4. The van der Waals surface area contributed by atoms with Gasteiger partial charge in [0.25, 0.3) is 0 Å². The van der Waals surface area contributed by atoms with Gasteiger partial charge in [-0.25, -0.2) is 0 Å². The van der Waals surface area contributed by atoms with Crippen LogP contribution < -0.4 is 10.6 Å². The van der Waals surface area contributed by atoms with Crippen molar-refractivity contribution in [3.8, 4) is 0 Å². The molecule has 0 radical (unpaired) electrons. The van der Waals surface area contributed by atoms with Gasteiger partial charge < -0.3 is 20.8 Å². The summed E-state index contributed by atoms with van der Waals surface area (Å²) in [5.41, 5.74) is 0. The monoisotopic (exact) mass is 414 g/mol. The Morgan fingerprint density at radius 2 is 1.24 bits per heavy atom. The lowest BCUT2D eigenvalue weighted by molar-refractivity contribution is -0.140. The molecule has 168 valence electrons. The fourth-order valence-electron chi connectivity index (χ4n) is 3.04. The lowest BCUT2D eigenvalue weighted by atomic mass is 10.0. The second-order valence-corrected chi connectivity index (χ2v) is 7.45. The van der Waals surface area contributed by atoms with Crippen LogP contribution in [0.4, 0.5) is 0 Å². The van der Waals surface area contributed by atoms with E-state index in [0.29, 0.717) is 6.42 Å². The maximum absolute atomic E-state index is 12.0. The lowest BCUT2D eigenvalue weighted by Crippen LogP contribution is -2.48. The molecule has 8 nitrogen and oxygen atoms in total. The molecule has 0 aliphatic carbocycles. The first-order chi connectivity index (χ1) is 13.9. The highest BCUT2D eigenvalue weighted by Crippen LogP contribution is 2.12. The van der Waals surface area contributed by atoms with E-state index in [9.17, 15) is 19.2 Å². The van der Waals surface area contributed by atoms with Crippen molar-refractivity contribution in [2.24, 2.45) is 0 Å². The highest BCUT2D eigenvalue weighted by atomic mass is 16.4. The van der Waals surface area contributed by atoms with Crippen LogP contribution in [-0.2, 0) is 19.2 Å². The lowest BCUT2D eigenvalue weighted by Gasteiger charge is -2.17. The van der Waals surface area contributed by atoms with Gasteiger partial charge in [0.1, 0.15) is 12.6 Å².